The van der Waals surface area contributed by atoms with E-state index in [9.17, 15) is 9.59 Å². The molecule has 0 N–H and O–H groups in total. The molecule has 0 radical (unpaired) electrons. The van der Waals surface area contributed by atoms with Crippen LogP contribution in [0.15, 0.2) is 41.9 Å². The predicted octanol–water partition coefficient (Wildman–Crippen LogP) is 4.00. The summed E-state index contributed by atoms with van der Waals surface area (Å²) in [7, 11) is 0. The monoisotopic (exact) mass is 370 g/mol. The Kier molecular flexibility index (Phi) is 6.29. The molecule has 0 saturated heterocycles. The summed E-state index contributed by atoms with van der Waals surface area (Å²) >= 11 is 12.0. The number of carbonyl (C=O) groups excluding carboxylic acids is 2. The van der Waals surface area contributed by atoms with E-state index >= 15 is 0 Å². The van der Waals surface area contributed by atoms with E-state index in [1.165, 1.54) is 12.5 Å². The summed E-state index contributed by atoms with van der Waals surface area (Å²) in [6.07, 6.45) is 2.52. The van der Waals surface area contributed by atoms with Gasteiger partial charge < -0.3 is 14.2 Å². The fourth-order valence-corrected chi connectivity index (χ4v) is 2.60. The van der Waals surface area contributed by atoms with Gasteiger partial charge in [0, 0.05) is 0 Å². The molecule has 2 rings (SSSR count). The minimum atomic E-state index is -0.716. The van der Waals surface area contributed by atoms with Gasteiger partial charge in [-0.2, -0.15) is 0 Å². The lowest BCUT2D eigenvalue weighted by Gasteiger charge is -2.24. The number of esters is 2. The zero-order valence-electron chi connectivity index (χ0n) is 13.2. The molecule has 0 aromatic heterocycles. The first-order chi connectivity index (χ1) is 11.5. The molecule has 0 atom stereocenters. The molecule has 1 aromatic carbocycles. The van der Waals surface area contributed by atoms with Crippen molar-refractivity contribution in [3.8, 4) is 0 Å². The number of hydrogen-bond donors (Lipinski definition) is 0. The molecule has 7 heteroatoms. The molecule has 0 bridgehead atoms. The molecule has 1 aromatic rings. The lowest BCUT2D eigenvalue weighted by molar-refractivity contribution is -0.139. The average molecular weight is 371 g/mol. The highest BCUT2D eigenvalue weighted by Gasteiger charge is 2.35. The normalized spacial score (nSPS) is 14.3. The second-order valence-electron chi connectivity index (χ2n) is 4.83. The standard InChI is InChI=1S/C17H16Cl2O5/c1-3-23-16(20)11-8-22-9-12(17(21)24-4-2)15(11)10-5-6-13(18)14(19)7-10/h5-9,15H,3-4H2,1-2H3. The third kappa shape index (κ3) is 3.91. The fourth-order valence-electron chi connectivity index (χ4n) is 2.30. The number of benzene rings is 1. The van der Waals surface area contributed by atoms with Crippen molar-refractivity contribution in [3.63, 3.8) is 0 Å². The minimum Gasteiger partial charge on any atom is -0.471 e. The number of ether oxygens (including phenoxy) is 3. The zero-order valence-corrected chi connectivity index (χ0v) is 14.7. The molecule has 0 fully saturated rings. The smallest absolute Gasteiger partial charge is 0.338 e. The van der Waals surface area contributed by atoms with Crippen molar-refractivity contribution >= 4 is 35.1 Å². The highest BCUT2D eigenvalue weighted by Crippen LogP contribution is 2.38. The van der Waals surface area contributed by atoms with Crippen LogP contribution in [0.25, 0.3) is 0 Å². The molecule has 0 aliphatic carbocycles. The van der Waals surface area contributed by atoms with Gasteiger partial charge in [-0.1, -0.05) is 29.3 Å². The second-order valence-corrected chi connectivity index (χ2v) is 5.64. The molecule has 128 valence electrons. The molecule has 1 heterocycles. The number of halogens is 2. The van der Waals surface area contributed by atoms with Crippen molar-refractivity contribution in [2.45, 2.75) is 19.8 Å². The van der Waals surface area contributed by atoms with E-state index in [1.54, 1.807) is 32.0 Å². The van der Waals surface area contributed by atoms with Crippen LogP contribution < -0.4 is 0 Å². The number of hydrogen-bond acceptors (Lipinski definition) is 5. The van der Waals surface area contributed by atoms with Gasteiger partial charge in [0.15, 0.2) is 0 Å². The van der Waals surface area contributed by atoms with E-state index in [0.717, 1.165) is 0 Å². The SMILES string of the molecule is CCOC(=O)C1=COC=C(C(=O)OCC)C1c1ccc(Cl)c(Cl)c1. The van der Waals surface area contributed by atoms with Crippen LogP contribution >= 0.6 is 23.2 Å². The number of rotatable bonds is 5. The lowest BCUT2D eigenvalue weighted by Crippen LogP contribution is -2.24. The predicted molar refractivity (Wildman–Crippen MR) is 89.7 cm³/mol. The maximum atomic E-state index is 12.3. The van der Waals surface area contributed by atoms with Gasteiger partial charge in [-0.15, -0.1) is 0 Å². The minimum absolute atomic E-state index is 0.181. The van der Waals surface area contributed by atoms with Crippen molar-refractivity contribution in [2.75, 3.05) is 13.2 Å². The van der Waals surface area contributed by atoms with Crippen molar-refractivity contribution in [2.24, 2.45) is 0 Å². The molecule has 0 unspecified atom stereocenters. The summed E-state index contributed by atoms with van der Waals surface area (Å²) in [5.74, 6) is -1.88. The molecular formula is C17H16Cl2O5. The van der Waals surface area contributed by atoms with Gasteiger partial charge in [-0.25, -0.2) is 9.59 Å². The zero-order chi connectivity index (χ0) is 17.7. The Balaban J connectivity index is 2.49. The van der Waals surface area contributed by atoms with E-state index < -0.39 is 17.9 Å². The molecule has 1 aliphatic rings. The first-order valence-corrected chi connectivity index (χ1v) is 8.09. The average Bonchev–Trinajstić information content (AvgIpc) is 2.57. The van der Waals surface area contributed by atoms with E-state index in [4.69, 9.17) is 37.4 Å². The molecule has 5 nitrogen and oxygen atoms in total. The molecule has 1 aliphatic heterocycles. The van der Waals surface area contributed by atoms with Crippen LogP contribution in [0, 0.1) is 0 Å². The molecule has 0 saturated carbocycles. The highest BCUT2D eigenvalue weighted by molar-refractivity contribution is 6.42. The van der Waals surface area contributed by atoms with Crippen LogP contribution in [0.4, 0.5) is 0 Å². The van der Waals surface area contributed by atoms with Crippen molar-refractivity contribution in [1.29, 1.82) is 0 Å². The second kappa shape index (κ2) is 8.22. The Morgan fingerprint density at radius 2 is 1.54 bits per heavy atom. The Hall–Kier alpha value is -1.98. The third-order valence-corrected chi connectivity index (χ3v) is 4.05. The molecule has 0 spiro atoms. The van der Waals surface area contributed by atoms with Crippen molar-refractivity contribution in [1.82, 2.24) is 0 Å². The lowest BCUT2D eigenvalue weighted by atomic mass is 9.84. The van der Waals surface area contributed by atoms with Gasteiger partial charge in [-0.05, 0) is 31.5 Å². The first kappa shape index (κ1) is 18.4. The van der Waals surface area contributed by atoms with E-state index in [2.05, 4.69) is 0 Å². The maximum Gasteiger partial charge on any atom is 0.338 e. The van der Waals surface area contributed by atoms with Crippen LogP contribution in [0.5, 0.6) is 0 Å². The van der Waals surface area contributed by atoms with Crippen LogP contribution in [0.3, 0.4) is 0 Å². The molecular weight excluding hydrogens is 355 g/mol. The maximum absolute atomic E-state index is 12.3. The van der Waals surface area contributed by atoms with E-state index in [-0.39, 0.29) is 24.4 Å². The van der Waals surface area contributed by atoms with Crippen molar-refractivity contribution < 1.29 is 23.8 Å². The summed E-state index contributed by atoms with van der Waals surface area (Å²) in [6, 6.07) is 4.88. The van der Waals surface area contributed by atoms with Gasteiger partial charge in [0.1, 0.15) is 12.5 Å². The summed E-state index contributed by atoms with van der Waals surface area (Å²) in [5.41, 5.74) is 0.966. The molecule has 24 heavy (non-hydrogen) atoms. The third-order valence-electron chi connectivity index (χ3n) is 3.31. The Bertz CT molecular complexity index is 675. The first-order valence-electron chi connectivity index (χ1n) is 7.34. The highest BCUT2D eigenvalue weighted by atomic mass is 35.5. The van der Waals surface area contributed by atoms with Crippen LogP contribution in [0.2, 0.25) is 10.0 Å². The molecule has 0 amide bonds. The van der Waals surface area contributed by atoms with Crippen LogP contribution in [0.1, 0.15) is 25.3 Å². The van der Waals surface area contributed by atoms with E-state index in [0.29, 0.717) is 15.6 Å². The summed E-state index contributed by atoms with van der Waals surface area (Å²) in [4.78, 5) is 24.5. The van der Waals surface area contributed by atoms with Gasteiger partial charge >= 0.3 is 11.9 Å². The quantitative estimate of drug-likeness (QED) is 0.733. The Morgan fingerprint density at radius 1 is 1.00 bits per heavy atom. The summed E-state index contributed by atoms with van der Waals surface area (Å²) < 4.78 is 15.2. The largest absolute Gasteiger partial charge is 0.471 e. The van der Waals surface area contributed by atoms with Crippen LogP contribution in [-0.4, -0.2) is 25.2 Å². The topological polar surface area (TPSA) is 61.8 Å². The number of carbonyl (C=O) groups is 2. The summed E-state index contributed by atoms with van der Waals surface area (Å²) in [6.45, 7) is 3.78. The van der Waals surface area contributed by atoms with E-state index in [1.807, 2.05) is 0 Å². The van der Waals surface area contributed by atoms with Gasteiger partial charge in [0.05, 0.1) is 40.3 Å². The van der Waals surface area contributed by atoms with Crippen LogP contribution in [-0.2, 0) is 23.8 Å². The van der Waals surface area contributed by atoms with Gasteiger partial charge in [-0.3, -0.25) is 0 Å². The summed E-state index contributed by atoms with van der Waals surface area (Å²) in [5, 5.41) is 0.683. The van der Waals surface area contributed by atoms with Gasteiger partial charge in [0.2, 0.25) is 0 Å². The van der Waals surface area contributed by atoms with Gasteiger partial charge in [0.25, 0.3) is 0 Å². The Labute approximate surface area is 149 Å². The Morgan fingerprint density at radius 3 is 2.00 bits per heavy atom. The van der Waals surface area contributed by atoms with Crippen molar-refractivity contribution in [3.05, 3.63) is 57.5 Å². The fraction of sp³-hybridized carbons (Fsp3) is 0.294.